The van der Waals surface area contributed by atoms with E-state index in [1.807, 2.05) is 0 Å². The smallest absolute Gasteiger partial charge is 0.137 e. The third-order valence-corrected chi connectivity index (χ3v) is 5.26. The van der Waals surface area contributed by atoms with Gasteiger partial charge in [0.1, 0.15) is 29.4 Å². The topological polar surface area (TPSA) is 102 Å². The number of hydrogen-bond acceptors (Lipinski definition) is 6. The van der Waals surface area contributed by atoms with E-state index in [-0.39, 0.29) is 25.2 Å². The van der Waals surface area contributed by atoms with Crippen molar-refractivity contribution in [2.75, 3.05) is 13.2 Å². The van der Waals surface area contributed by atoms with Crippen LogP contribution in [0.3, 0.4) is 0 Å². The molecule has 9 heteroatoms. The lowest BCUT2D eigenvalue weighted by atomic mass is 9.86. The Hall–Kier alpha value is -1.55. The van der Waals surface area contributed by atoms with Gasteiger partial charge in [-0.1, -0.05) is 13.0 Å². The standard InChI is InChI=1S/C15H19F2N3O3S/c1-9(24-11(6-21)7-22)15(23,5-14-18-8-19-20-14)12-3-2-10(16)4-13(12)17/h2-4,8-9,11,21-23H,5-7H2,1H3,(H,18,19,20)/t9-,15+/m1/s1. The van der Waals surface area contributed by atoms with E-state index in [1.54, 1.807) is 6.92 Å². The lowest BCUT2D eigenvalue weighted by Gasteiger charge is -2.35. The first kappa shape index (κ1) is 18.8. The van der Waals surface area contributed by atoms with Gasteiger partial charge in [0.15, 0.2) is 0 Å². The van der Waals surface area contributed by atoms with Crippen LogP contribution in [0.25, 0.3) is 0 Å². The number of halogens is 2. The van der Waals surface area contributed by atoms with Crippen molar-refractivity contribution in [1.82, 2.24) is 15.2 Å². The lowest BCUT2D eigenvalue weighted by molar-refractivity contribution is 0.0327. The van der Waals surface area contributed by atoms with Gasteiger partial charge in [0, 0.05) is 23.3 Å². The van der Waals surface area contributed by atoms with E-state index in [2.05, 4.69) is 15.2 Å². The molecule has 0 radical (unpaired) electrons. The Bertz CT molecular complexity index is 655. The molecule has 0 spiro atoms. The average molecular weight is 359 g/mol. The second-order valence-electron chi connectivity index (χ2n) is 5.42. The highest BCUT2D eigenvalue weighted by Crippen LogP contribution is 2.38. The van der Waals surface area contributed by atoms with Gasteiger partial charge in [0.05, 0.1) is 18.5 Å². The third kappa shape index (κ3) is 4.10. The number of rotatable bonds is 8. The highest BCUT2D eigenvalue weighted by Gasteiger charge is 2.40. The zero-order chi connectivity index (χ0) is 17.7. The Balaban J connectivity index is 2.40. The van der Waals surface area contributed by atoms with Crippen LogP contribution in [0.1, 0.15) is 18.3 Å². The van der Waals surface area contributed by atoms with Gasteiger partial charge in [0.25, 0.3) is 0 Å². The van der Waals surface area contributed by atoms with Crippen molar-refractivity contribution in [3.63, 3.8) is 0 Å². The summed E-state index contributed by atoms with van der Waals surface area (Å²) in [6.07, 6.45) is 1.17. The molecule has 0 aliphatic rings. The number of aromatic amines is 1. The van der Waals surface area contributed by atoms with Crippen LogP contribution < -0.4 is 0 Å². The number of thioether (sulfide) groups is 1. The molecule has 0 aliphatic carbocycles. The summed E-state index contributed by atoms with van der Waals surface area (Å²) in [7, 11) is 0. The number of hydrogen-bond donors (Lipinski definition) is 4. The molecule has 2 atom stereocenters. The number of aromatic nitrogens is 3. The monoisotopic (exact) mass is 359 g/mol. The maximum atomic E-state index is 14.3. The summed E-state index contributed by atoms with van der Waals surface area (Å²) < 4.78 is 27.5. The van der Waals surface area contributed by atoms with Crippen molar-refractivity contribution in [3.05, 3.63) is 47.5 Å². The summed E-state index contributed by atoms with van der Waals surface area (Å²) in [6.45, 7) is 1.05. The van der Waals surface area contributed by atoms with Crippen LogP contribution in [0.4, 0.5) is 8.78 Å². The normalized spacial score (nSPS) is 15.5. The van der Waals surface area contributed by atoms with E-state index in [4.69, 9.17) is 0 Å². The van der Waals surface area contributed by atoms with Crippen molar-refractivity contribution >= 4 is 11.8 Å². The Morgan fingerprint density at radius 3 is 2.54 bits per heavy atom. The molecule has 1 aromatic heterocycles. The van der Waals surface area contributed by atoms with Crippen LogP contribution in [0.2, 0.25) is 0 Å². The molecule has 0 saturated carbocycles. The van der Waals surface area contributed by atoms with Crippen molar-refractivity contribution in [1.29, 1.82) is 0 Å². The van der Waals surface area contributed by atoms with Crippen LogP contribution in [-0.2, 0) is 12.0 Å². The van der Waals surface area contributed by atoms with Crippen LogP contribution in [-0.4, -0.2) is 54.2 Å². The predicted octanol–water partition coefficient (Wildman–Crippen LogP) is 0.988. The van der Waals surface area contributed by atoms with Gasteiger partial charge < -0.3 is 15.3 Å². The minimum atomic E-state index is -1.75. The van der Waals surface area contributed by atoms with E-state index in [0.29, 0.717) is 11.9 Å². The minimum absolute atomic E-state index is 0.0880. The molecule has 132 valence electrons. The molecule has 6 nitrogen and oxygen atoms in total. The fraction of sp³-hybridized carbons (Fsp3) is 0.467. The Morgan fingerprint density at radius 1 is 1.29 bits per heavy atom. The highest BCUT2D eigenvalue weighted by molar-refractivity contribution is 8.00. The summed E-state index contributed by atoms with van der Waals surface area (Å²) in [4.78, 5) is 3.94. The van der Waals surface area contributed by atoms with Crippen LogP contribution >= 0.6 is 11.8 Å². The molecular weight excluding hydrogens is 340 g/mol. The number of nitrogens with one attached hydrogen (secondary N) is 1. The first-order chi connectivity index (χ1) is 11.4. The molecule has 2 aromatic rings. The molecule has 1 heterocycles. The maximum Gasteiger partial charge on any atom is 0.137 e. The molecule has 0 amide bonds. The number of aliphatic hydroxyl groups excluding tert-OH is 2. The molecule has 0 fully saturated rings. The van der Waals surface area contributed by atoms with Gasteiger partial charge in [-0.3, -0.25) is 5.10 Å². The van der Waals surface area contributed by atoms with E-state index in [1.165, 1.54) is 12.4 Å². The molecule has 0 unspecified atom stereocenters. The summed E-state index contributed by atoms with van der Waals surface area (Å²) in [6, 6.07) is 2.95. The van der Waals surface area contributed by atoms with Gasteiger partial charge >= 0.3 is 0 Å². The molecule has 0 saturated heterocycles. The number of aliphatic hydroxyl groups is 3. The minimum Gasteiger partial charge on any atom is -0.395 e. The van der Waals surface area contributed by atoms with E-state index < -0.39 is 27.7 Å². The van der Waals surface area contributed by atoms with E-state index >= 15 is 0 Å². The fourth-order valence-corrected chi connectivity index (χ4v) is 3.60. The van der Waals surface area contributed by atoms with Crippen molar-refractivity contribution < 1.29 is 24.1 Å². The second kappa shape index (κ2) is 8.02. The maximum absolute atomic E-state index is 14.3. The molecule has 0 aliphatic heterocycles. The lowest BCUT2D eigenvalue weighted by Crippen LogP contribution is -2.41. The molecule has 4 N–H and O–H groups in total. The largest absolute Gasteiger partial charge is 0.395 e. The number of H-pyrrole nitrogens is 1. The molecule has 2 rings (SSSR count). The van der Waals surface area contributed by atoms with Gasteiger partial charge in [0.2, 0.25) is 0 Å². The quantitative estimate of drug-likeness (QED) is 0.561. The number of nitrogens with zero attached hydrogens (tertiary/aromatic N) is 2. The summed E-state index contributed by atoms with van der Waals surface area (Å²) in [5, 5.41) is 34.8. The second-order valence-corrected chi connectivity index (χ2v) is 7.07. The average Bonchev–Trinajstić information content (AvgIpc) is 3.04. The molecule has 0 bridgehead atoms. The van der Waals surface area contributed by atoms with E-state index in [9.17, 15) is 24.1 Å². The highest BCUT2D eigenvalue weighted by atomic mass is 32.2. The summed E-state index contributed by atoms with van der Waals surface area (Å²) in [5.41, 5.74) is -1.83. The zero-order valence-corrected chi connectivity index (χ0v) is 13.8. The first-order valence-corrected chi connectivity index (χ1v) is 8.24. The zero-order valence-electron chi connectivity index (χ0n) is 13.0. The molecule has 24 heavy (non-hydrogen) atoms. The summed E-state index contributed by atoms with van der Waals surface area (Å²) >= 11 is 1.11. The SMILES string of the molecule is C[C@@H](SC(CO)CO)[C@@](O)(Cc1ncn[nH]1)c1ccc(F)cc1F. The predicted molar refractivity (Wildman–Crippen MR) is 85.4 cm³/mol. The Labute approximate surface area is 141 Å². The van der Waals surface area contributed by atoms with Crippen molar-refractivity contribution in [2.24, 2.45) is 0 Å². The van der Waals surface area contributed by atoms with Gasteiger partial charge in [-0.15, -0.1) is 11.8 Å². The molecule has 1 aromatic carbocycles. The summed E-state index contributed by atoms with van der Waals surface area (Å²) in [5.74, 6) is -1.30. The van der Waals surface area contributed by atoms with Crippen LogP contribution in [0, 0.1) is 11.6 Å². The Morgan fingerprint density at radius 2 is 2.00 bits per heavy atom. The van der Waals surface area contributed by atoms with Crippen molar-refractivity contribution in [2.45, 2.75) is 29.4 Å². The van der Waals surface area contributed by atoms with Crippen molar-refractivity contribution in [3.8, 4) is 0 Å². The van der Waals surface area contributed by atoms with E-state index in [0.717, 1.165) is 17.8 Å². The van der Waals surface area contributed by atoms with Crippen LogP contribution in [0.15, 0.2) is 24.5 Å². The third-order valence-electron chi connectivity index (χ3n) is 3.78. The fourth-order valence-electron chi connectivity index (χ4n) is 2.41. The van der Waals surface area contributed by atoms with Crippen LogP contribution in [0.5, 0.6) is 0 Å². The number of benzene rings is 1. The van der Waals surface area contributed by atoms with Gasteiger partial charge in [-0.05, 0) is 6.07 Å². The first-order valence-electron chi connectivity index (χ1n) is 7.30. The van der Waals surface area contributed by atoms with Gasteiger partial charge in [-0.2, -0.15) is 5.10 Å². The molecular formula is C15H19F2N3O3S. The Kier molecular flexibility index (Phi) is 6.27. The van der Waals surface area contributed by atoms with Gasteiger partial charge in [-0.25, -0.2) is 13.8 Å².